The summed E-state index contributed by atoms with van der Waals surface area (Å²) in [6.07, 6.45) is -0.480. The highest BCUT2D eigenvalue weighted by Crippen LogP contribution is 2.27. The van der Waals surface area contributed by atoms with Crippen molar-refractivity contribution in [1.82, 2.24) is 5.32 Å². The van der Waals surface area contributed by atoms with Crippen LogP contribution in [0.3, 0.4) is 0 Å². The van der Waals surface area contributed by atoms with Crippen molar-refractivity contribution in [2.24, 2.45) is 0 Å². The molecule has 2 aromatic rings. The van der Waals surface area contributed by atoms with Crippen LogP contribution in [0, 0.1) is 6.92 Å². The number of carbonyl (C=O) groups excluding carboxylic acids is 1. The zero-order valence-electron chi connectivity index (χ0n) is 14.6. The van der Waals surface area contributed by atoms with E-state index in [1.165, 1.54) is 0 Å². The number of nitrogens with two attached hydrogens (primary N) is 1. The highest BCUT2D eigenvalue weighted by atomic mass is 16.6. The lowest BCUT2D eigenvalue weighted by molar-refractivity contribution is 0.0523. The van der Waals surface area contributed by atoms with Crippen LogP contribution in [-0.4, -0.2) is 11.7 Å². The first-order chi connectivity index (χ1) is 11.2. The van der Waals surface area contributed by atoms with Crippen molar-refractivity contribution in [3.8, 4) is 11.5 Å². The molecule has 2 rings (SSSR count). The van der Waals surface area contributed by atoms with Gasteiger partial charge < -0.3 is 20.5 Å². The number of anilines is 1. The van der Waals surface area contributed by atoms with E-state index in [2.05, 4.69) is 5.32 Å². The van der Waals surface area contributed by atoms with Gasteiger partial charge in [-0.2, -0.15) is 0 Å². The average molecular weight is 328 g/mol. The predicted molar refractivity (Wildman–Crippen MR) is 95.2 cm³/mol. The van der Waals surface area contributed by atoms with Gasteiger partial charge in [0.1, 0.15) is 17.1 Å². The van der Waals surface area contributed by atoms with Crippen molar-refractivity contribution in [3.05, 3.63) is 53.6 Å². The number of aryl methyl sites for hydroxylation is 1. The number of rotatable bonds is 4. The minimum absolute atomic E-state index is 0.270. The smallest absolute Gasteiger partial charge is 0.407 e. The van der Waals surface area contributed by atoms with E-state index in [9.17, 15) is 4.79 Å². The van der Waals surface area contributed by atoms with Crippen LogP contribution in [0.1, 0.15) is 31.9 Å². The summed E-state index contributed by atoms with van der Waals surface area (Å²) in [6.45, 7) is 7.70. The zero-order chi connectivity index (χ0) is 17.7. The van der Waals surface area contributed by atoms with E-state index in [-0.39, 0.29) is 6.54 Å². The van der Waals surface area contributed by atoms with E-state index >= 15 is 0 Å². The summed E-state index contributed by atoms with van der Waals surface area (Å²) in [7, 11) is 0. The van der Waals surface area contributed by atoms with Gasteiger partial charge in [-0.05, 0) is 63.1 Å². The molecule has 1 amide bonds. The Bertz CT molecular complexity index is 721. The van der Waals surface area contributed by atoms with Crippen LogP contribution >= 0.6 is 0 Å². The SMILES string of the molecule is Cc1ccccc1Oc1ccc(N)c(CNC(=O)OC(C)(C)C)c1. The molecule has 0 unspecified atom stereocenters. The third kappa shape index (κ3) is 5.19. The van der Waals surface area contributed by atoms with Crippen LogP contribution in [0.4, 0.5) is 10.5 Å². The molecule has 5 heteroatoms. The lowest BCUT2D eigenvalue weighted by Gasteiger charge is -2.20. The molecule has 0 saturated carbocycles. The van der Waals surface area contributed by atoms with Crippen molar-refractivity contribution in [3.63, 3.8) is 0 Å². The normalized spacial score (nSPS) is 11.0. The van der Waals surface area contributed by atoms with E-state index in [0.717, 1.165) is 16.9 Å². The van der Waals surface area contributed by atoms with Crippen LogP contribution in [0.2, 0.25) is 0 Å². The molecule has 3 N–H and O–H groups in total. The molecular weight excluding hydrogens is 304 g/mol. The summed E-state index contributed by atoms with van der Waals surface area (Å²) in [4.78, 5) is 11.8. The van der Waals surface area contributed by atoms with Gasteiger partial charge in [-0.15, -0.1) is 0 Å². The number of hydrogen-bond donors (Lipinski definition) is 2. The Morgan fingerprint density at radius 2 is 1.88 bits per heavy atom. The Balaban J connectivity index is 2.06. The maximum absolute atomic E-state index is 11.8. The van der Waals surface area contributed by atoms with E-state index < -0.39 is 11.7 Å². The van der Waals surface area contributed by atoms with Crippen molar-refractivity contribution in [2.45, 2.75) is 39.8 Å². The van der Waals surface area contributed by atoms with Gasteiger partial charge in [0.15, 0.2) is 0 Å². The number of nitrogen functional groups attached to an aromatic ring is 1. The number of amides is 1. The Kier molecular flexibility index (Phi) is 5.34. The number of carbonyl (C=O) groups is 1. The van der Waals surface area contributed by atoms with Crippen LogP contribution in [0.5, 0.6) is 11.5 Å². The van der Waals surface area contributed by atoms with Gasteiger partial charge in [0.25, 0.3) is 0 Å². The quantitative estimate of drug-likeness (QED) is 0.816. The second-order valence-corrected chi connectivity index (χ2v) is 6.58. The topological polar surface area (TPSA) is 73.6 Å². The van der Waals surface area contributed by atoms with Crippen molar-refractivity contribution in [1.29, 1.82) is 0 Å². The van der Waals surface area contributed by atoms with Gasteiger partial charge in [-0.25, -0.2) is 4.79 Å². The number of para-hydroxylation sites is 1. The Hall–Kier alpha value is -2.69. The summed E-state index contributed by atoms with van der Waals surface area (Å²) in [5.74, 6) is 1.45. The van der Waals surface area contributed by atoms with Crippen molar-refractivity contribution >= 4 is 11.8 Å². The summed E-state index contributed by atoms with van der Waals surface area (Å²) < 4.78 is 11.1. The number of nitrogens with one attached hydrogen (secondary N) is 1. The van der Waals surface area contributed by atoms with Gasteiger partial charge in [0.05, 0.1) is 0 Å². The van der Waals surface area contributed by atoms with Gasteiger partial charge in [0.2, 0.25) is 0 Å². The van der Waals surface area contributed by atoms with E-state index in [4.69, 9.17) is 15.2 Å². The minimum atomic E-state index is -0.536. The summed E-state index contributed by atoms with van der Waals surface area (Å²) in [5, 5.41) is 2.70. The fourth-order valence-corrected chi connectivity index (χ4v) is 2.08. The second-order valence-electron chi connectivity index (χ2n) is 6.58. The van der Waals surface area contributed by atoms with Crippen LogP contribution in [0.15, 0.2) is 42.5 Å². The molecule has 0 aromatic heterocycles. The number of hydrogen-bond acceptors (Lipinski definition) is 4. The maximum atomic E-state index is 11.8. The van der Waals surface area contributed by atoms with E-state index in [1.807, 2.05) is 58.0 Å². The van der Waals surface area contributed by atoms with Crippen molar-refractivity contribution in [2.75, 3.05) is 5.73 Å². The fraction of sp³-hybridized carbons (Fsp3) is 0.316. The molecule has 5 nitrogen and oxygen atoms in total. The molecular formula is C19H24N2O3. The molecule has 24 heavy (non-hydrogen) atoms. The summed E-state index contributed by atoms with van der Waals surface area (Å²) >= 11 is 0. The maximum Gasteiger partial charge on any atom is 0.407 e. The molecule has 0 heterocycles. The van der Waals surface area contributed by atoms with E-state index in [1.54, 1.807) is 12.1 Å². The van der Waals surface area contributed by atoms with Crippen LogP contribution < -0.4 is 15.8 Å². The standard InChI is InChI=1S/C19H24N2O3/c1-13-7-5-6-8-17(13)23-15-9-10-16(20)14(11-15)12-21-18(22)24-19(2,3)4/h5-11H,12,20H2,1-4H3,(H,21,22). The first-order valence-corrected chi connectivity index (χ1v) is 7.83. The Labute approximate surface area is 142 Å². The summed E-state index contributed by atoms with van der Waals surface area (Å²) in [5.41, 5.74) is 7.84. The fourth-order valence-electron chi connectivity index (χ4n) is 2.08. The highest BCUT2D eigenvalue weighted by molar-refractivity contribution is 5.68. The minimum Gasteiger partial charge on any atom is -0.457 e. The van der Waals surface area contributed by atoms with Crippen molar-refractivity contribution < 1.29 is 14.3 Å². The Morgan fingerprint density at radius 1 is 1.17 bits per heavy atom. The number of ether oxygens (including phenoxy) is 2. The number of alkyl carbamates (subject to hydrolysis) is 1. The first-order valence-electron chi connectivity index (χ1n) is 7.83. The highest BCUT2D eigenvalue weighted by Gasteiger charge is 2.16. The molecule has 128 valence electrons. The molecule has 0 aliphatic heterocycles. The van der Waals surface area contributed by atoms with Crippen LogP contribution in [0.25, 0.3) is 0 Å². The Morgan fingerprint density at radius 3 is 2.54 bits per heavy atom. The largest absolute Gasteiger partial charge is 0.457 e. The number of benzene rings is 2. The molecule has 0 aliphatic carbocycles. The van der Waals surface area contributed by atoms with Gasteiger partial charge in [0, 0.05) is 12.2 Å². The summed E-state index contributed by atoms with van der Waals surface area (Å²) in [6, 6.07) is 13.2. The van der Waals surface area contributed by atoms with Gasteiger partial charge in [-0.3, -0.25) is 0 Å². The second kappa shape index (κ2) is 7.25. The van der Waals surface area contributed by atoms with E-state index in [0.29, 0.717) is 11.4 Å². The molecule has 0 bridgehead atoms. The van der Waals surface area contributed by atoms with Gasteiger partial charge in [-0.1, -0.05) is 18.2 Å². The van der Waals surface area contributed by atoms with Gasteiger partial charge >= 0.3 is 6.09 Å². The monoisotopic (exact) mass is 328 g/mol. The molecule has 0 aliphatic rings. The molecule has 0 radical (unpaired) electrons. The lowest BCUT2D eigenvalue weighted by Crippen LogP contribution is -2.32. The molecule has 0 atom stereocenters. The predicted octanol–water partition coefficient (Wildman–Crippen LogP) is 4.39. The zero-order valence-corrected chi connectivity index (χ0v) is 14.6. The third-order valence-corrected chi connectivity index (χ3v) is 3.26. The molecule has 0 saturated heterocycles. The average Bonchev–Trinajstić information content (AvgIpc) is 2.48. The lowest BCUT2D eigenvalue weighted by atomic mass is 10.1. The molecule has 2 aromatic carbocycles. The first kappa shape index (κ1) is 17.7. The molecule has 0 spiro atoms. The van der Waals surface area contributed by atoms with Crippen LogP contribution in [-0.2, 0) is 11.3 Å². The third-order valence-electron chi connectivity index (χ3n) is 3.26. The molecule has 0 fully saturated rings.